The highest BCUT2D eigenvalue weighted by atomic mass is 16.3. The van der Waals surface area contributed by atoms with Crippen LogP contribution in [-0.2, 0) is 0 Å². The second kappa shape index (κ2) is 6.85. The standard InChI is InChI=1S/C31H21NO/c1-20-8-2-5-11-27(20)32-28-12-6-3-9-23(28)24-16-14-22(19-29(24)32)21-15-17-31-26(18-21)25-10-4-7-13-30(25)33-31/h2-19H,1H3. The van der Waals surface area contributed by atoms with E-state index in [4.69, 9.17) is 4.42 Å². The molecular formula is C31H21NO. The number of fused-ring (bicyclic) bond motifs is 6. The molecule has 0 radical (unpaired) electrons. The van der Waals surface area contributed by atoms with Crippen molar-refractivity contribution in [3.63, 3.8) is 0 Å². The van der Waals surface area contributed by atoms with Crippen LogP contribution in [0.2, 0.25) is 0 Å². The van der Waals surface area contributed by atoms with Crippen molar-refractivity contribution in [1.82, 2.24) is 4.57 Å². The molecule has 0 atom stereocenters. The maximum absolute atomic E-state index is 6.04. The second-order valence-electron chi connectivity index (χ2n) is 8.68. The fourth-order valence-electron chi connectivity index (χ4n) is 5.13. The van der Waals surface area contributed by atoms with E-state index >= 15 is 0 Å². The van der Waals surface area contributed by atoms with Gasteiger partial charge in [-0.15, -0.1) is 0 Å². The van der Waals surface area contributed by atoms with E-state index < -0.39 is 0 Å². The van der Waals surface area contributed by atoms with Crippen LogP contribution in [-0.4, -0.2) is 4.57 Å². The third kappa shape index (κ3) is 2.68. The van der Waals surface area contributed by atoms with Crippen LogP contribution in [0.1, 0.15) is 5.56 Å². The Hall–Kier alpha value is -4.30. The maximum Gasteiger partial charge on any atom is 0.135 e. The van der Waals surface area contributed by atoms with Crippen LogP contribution in [0, 0.1) is 6.92 Å². The lowest BCUT2D eigenvalue weighted by molar-refractivity contribution is 0.669. The van der Waals surface area contributed by atoms with Crippen molar-refractivity contribution < 1.29 is 4.42 Å². The van der Waals surface area contributed by atoms with Gasteiger partial charge in [0.1, 0.15) is 11.2 Å². The third-order valence-electron chi connectivity index (χ3n) is 6.74. The van der Waals surface area contributed by atoms with Crippen molar-refractivity contribution in [1.29, 1.82) is 0 Å². The molecule has 2 heterocycles. The van der Waals surface area contributed by atoms with Gasteiger partial charge in [0.05, 0.1) is 11.0 Å². The van der Waals surface area contributed by atoms with E-state index in [-0.39, 0.29) is 0 Å². The molecule has 2 aromatic heterocycles. The molecule has 7 aromatic rings. The number of aromatic nitrogens is 1. The largest absolute Gasteiger partial charge is 0.456 e. The molecule has 0 aliphatic heterocycles. The first-order chi connectivity index (χ1) is 16.3. The Bertz CT molecular complexity index is 1830. The Balaban J connectivity index is 1.52. The average Bonchev–Trinajstić information content (AvgIpc) is 3.39. The molecule has 0 saturated heterocycles. The molecule has 0 spiro atoms. The molecule has 7 rings (SSSR count). The molecule has 0 amide bonds. The Labute approximate surface area is 191 Å². The van der Waals surface area contributed by atoms with Crippen molar-refractivity contribution in [2.24, 2.45) is 0 Å². The Morgan fingerprint density at radius 2 is 1.18 bits per heavy atom. The number of furan rings is 1. The van der Waals surface area contributed by atoms with Crippen LogP contribution in [0.4, 0.5) is 0 Å². The summed E-state index contributed by atoms with van der Waals surface area (Å²) in [6.07, 6.45) is 0. The van der Waals surface area contributed by atoms with Gasteiger partial charge in [-0.2, -0.15) is 0 Å². The van der Waals surface area contributed by atoms with Crippen LogP contribution >= 0.6 is 0 Å². The lowest BCUT2D eigenvalue weighted by Crippen LogP contribution is -1.96. The van der Waals surface area contributed by atoms with E-state index in [0.717, 1.165) is 21.9 Å². The summed E-state index contributed by atoms with van der Waals surface area (Å²) in [7, 11) is 0. The highest BCUT2D eigenvalue weighted by molar-refractivity contribution is 6.11. The van der Waals surface area contributed by atoms with Crippen LogP contribution in [0.5, 0.6) is 0 Å². The zero-order chi connectivity index (χ0) is 21.9. The number of hydrogen-bond donors (Lipinski definition) is 0. The number of hydrogen-bond acceptors (Lipinski definition) is 1. The fraction of sp³-hybridized carbons (Fsp3) is 0.0323. The van der Waals surface area contributed by atoms with Crippen molar-refractivity contribution in [2.45, 2.75) is 6.92 Å². The molecule has 2 heteroatoms. The van der Waals surface area contributed by atoms with E-state index in [0.29, 0.717) is 0 Å². The van der Waals surface area contributed by atoms with Gasteiger partial charge in [-0.3, -0.25) is 0 Å². The van der Waals surface area contributed by atoms with E-state index in [9.17, 15) is 0 Å². The summed E-state index contributed by atoms with van der Waals surface area (Å²) in [6.45, 7) is 2.18. The van der Waals surface area contributed by atoms with Crippen molar-refractivity contribution in [3.8, 4) is 16.8 Å². The molecule has 0 aliphatic carbocycles. The molecule has 0 bridgehead atoms. The molecule has 33 heavy (non-hydrogen) atoms. The number of aryl methyl sites for hydroxylation is 1. The predicted molar refractivity (Wildman–Crippen MR) is 138 cm³/mol. The van der Waals surface area contributed by atoms with Gasteiger partial charge in [0.2, 0.25) is 0 Å². The van der Waals surface area contributed by atoms with Crippen molar-refractivity contribution >= 4 is 43.7 Å². The Kier molecular flexibility index (Phi) is 3.80. The first-order valence-corrected chi connectivity index (χ1v) is 11.3. The number of rotatable bonds is 2. The second-order valence-corrected chi connectivity index (χ2v) is 8.68. The topological polar surface area (TPSA) is 18.1 Å². The van der Waals surface area contributed by atoms with Crippen LogP contribution in [0.3, 0.4) is 0 Å². The van der Waals surface area contributed by atoms with Gasteiger partial charge in [0.25, 0.3) is 0 Å². The number of benzene rings is 5. The molecule has 2 nitrogen and oxygen atoms in total. The van der Waals surface area contributed by atoms with Gasteiger partial charge in [0.15, 0.2) is 0 Å². The van der Waals surface area contributed by atoms with Gasteiger partial charge in [0, 0.05) is 27.2 Å². The minimum absolute atomic E-state index is 0.926. The SMILES string of the molecule is Cc1ccccc1-n1c2ccccc2c2ccc(-c3ccc4oc5ccccc5c4c3)cc21. The molecule has 156 valence electrons. The maximum atomic E-state index is 6.04. The first-order valence-electron chi connectivity index (χ1n) is 11.3. The minimum atomic E-state index is 0.926. The summed E-state index contributed by atoms with van der Waals surface area (Å²) in [6, 6.07) is 38.8. The first kappa shape index (κ1) is 18.3. The van der Waals surface area contributed by atoms with Crippen LogP contribution in [0.15, 0.2) is 114 Å². The lowest BCUT2D eigenvalue weighted by Gasteiger charge is -2.11. The van der Waals surface area contributed by atoms with Gasteiger partial charge < -0.3 is 8.98 Å². The smallest absolute Gasteiger partial charge is 0.135 e. The van der Waals surface area contributed by atoms with Gasteiger partial charge in [-0.05, 0) is 60.0 Å². The quantitative estimate of drug-likeness (QED) is 0.272. The normalized spacial score (nSPS) is 11.8. The summed E-state index contributed by atoms with van der Waals surface area (Å²) in [5, 5.41) is 4.86. The average molecular weight is 424 g/mol. The zero-order valence-electron chi connectivity index (χ0n) is 18.2. The zero-order valence-corrected chi connectivity index (χ0v) is 18.2. The molecule has 0 unspecified atom stereocenters. The predicted octanol–water partition coefficient (Wildman–Crippen LogP) is 8.66. The number of nitrogens with zero attached hydrogens (tertiary/aromatic N) is 1. The summed E-state index contributed by atoms with van der Waals surface area (Å²) in [4.78, 5) is 0. The van der Waals surface area contributed by atoms with Gasteiger partial charge >= 0.3 is 0 Å². The summed E-state index contributed by atoms with van der Waals surface area (Å²) in [5.74, 6) is 0. The third-order valence-corrected chi connectivity index (χ3v) is 6.74. The van der Waals surface area contributed by atoms with Crippen LogP contribution < -0.4 is 0 Å². The molecule has 5 aromatic carbocycles. The molecule has 0 saturated carbocycles. The fourth-order valence-corrected chi connectivity index (χ4v) is 5.13. The van der Waals surface area contributed by atoms with Crippen molar-refractivity contribution in [2.75, 3.05) is 0 Å². The Morgan fingerprint density at radius 3 is 2.09 bits per heavy atom. The van der Waals surface area contributed by atoms with E-state index in [1.54, 1.807) is 0 Å². The minimum Gasteiger partial charge on any atom is -0.456 e. The van der Waals surface area contributed by atoms with E-state index in [1.807, 2.05) is 12.1 Å². The van der Waals surface area contributed by atoms with Crippen LogP contribution in [0.25, 0.3) is 60.6 Å². The summed E-state index contributed by atoms with van der Waals surface area (Å²) in [5.41, 5.74) is 9.18. The monoisotopic (exact) mass is 423 g/mol. The molecular weight excluding hydrogens is 402 g/mol. The van der Waals surface area contributed by atoms with Gasteiger partial charge in [-0.1, -0.05) is 72.8 Å². The molecule has 0 fully saturated rings. The highest BCUT2D eigenvalue weighted by Gasteiger charge is 2.15. The van der Waals surface area contributed by atoms with Gasteiger partial charge in [-0.25, -0.2) is 0 Å². The number of para-hydroxylation sites is 3. The Morgan fingerprint density at radius 1 is 0.515 bits per heavy atom. The molecule has 0 aliphatic rings. The summed E-state index contributed by atoms with van der Waals surface area (Å²) < 4.78 is 8.44. The van der Waals surface area contributed by atoms with E-state index in [1.165, 1.54) is 44.2 Å². The lowest BCUT2D eigenvalue weighted by atomic mass is 10.0. The van der Waals surface area contributed by atoms with E-state index in [2.05, 4.69) is 109 Å². The highest BCUT2D eigenvalue weighted by Crippen LogP contribution is 2.37. The van der Waals surface area contributed by atoms with Crippen molar-refractivity contribution in [3.05, 3.63) is 115 Å². The summed E-state index contributed by atoms with van der Waals surface area (Å²) >= 11 is 0. The molecule has 0 N–H and O–H groups in total.